The van der Waals surface area contributed by atoms with Gasteiger partial charge in [0.25, 0.3) is 5.91 Å². The molecule has 2 heterocycles. The molecule has 0 bridgehead atoms. The summed E-state index contributed by atoms with van der Waals surface area (Å²) in [7, 11) is 0. The smallest absolute Gasteiger partial charge is 0.255 e. The maximum Gasteiger partial charge on any atom is 0.255 e. The average molecular weight is 356 g/mol. The quantitative estimate of drug-likeness (QED) is 0.744. The van der Waals surface area contributed by atoms with Crippen LogP contribution >= 0.6 is 11.6 Å². The highest BCUT2D eigenvalue weighted by atomic mass is 35.5. The van der Waals surface area contributed by atoms with Crippen LogP contribution < -0.4 is 14.8 Å². The number of nitrogens with one attached hydrogen (secondary N) is 2. The van der Waals surface area contributed by atoms with Gasteiger partial charge in [-0.25, -0.2) is 0 Å². The zero-order chi connectivity index (χ0) is 17.4. The summed E-state index contributed by atoms with van der Waals surface area (Å²) < 4.78 is 10.7. The Morgan fingerprint density at radius 2 is 2.04 bits per heavy atom. The molecule has 0 saturated heterocycles. The van der Waals surface area contributed by atoms with E-state index in [-0.39, 0.29) is 12.7 Å². The molecule has 0 unspecified atom stereocenters. The number of rotatable bonds is 3. The highest BCUT2D eigenvalue weighted by Gasteiger charge is 2.19. The molecule has 7 heteroatoms. The molecule has 1 aromatic heterocycles. The van der Waals surface area contributed by atoms with E-state index in [0.717, 1.165) is 11.3 Å². The Bertz CT molecular complexity index is 968. The monoisotopic (exact) mass is 355 g/mol. The zero-order valence-corrected chi connectivity index (χ0v) is 14.1. The summed E-state index contributed by atoms with van der Waals surface area (Å²) in [5.41, 5.74) is 3.29. The summed E-state index contributed by atoms with van der Waals surface area (Å²) >= 11 is 5.96. The van der Waals surface area contributed by atoms with E-state index in [2.05, 4.69) is 15.5 Å². The number of nitrogens with zero attached hydrogens (tertiary/aromatic N) is 1. The molecular weight excluding hydrogens is 342 g/mol. The van der Waals surface area contributed by atoms with Crippen molar-refractivity contribution in [2.75, 3.05) is 12.1 Å². The third-order valence-corrected chi connectivity index (χ3v) is 4.15. The van der Waals surface area contributed by atoms with E-state index in [9.17, 15) is 4.79 Å². The lowest BCUT2D eigenvalue weighted by Crippen LogP contribution is -2.12. The highest BCUT2D eigenvalue weighted by molar-refractivity contribution is 6.31. The molecular formula is C18H14ClN3O3. The van der Waals surface area contributed by atoms with Crippen molar-refractivity contribution in [1.29, 1.82) is 0 Å². The van der Waals surface area contributed by atoms with E-state index < -0.39 is 0 Å². The molecule has 1 aliphatic heterocycles. The number of fused-ring (bicyclic) bond motifs is 1. The number of halogens is 1. The van der Waals surface area contributed by atoms with Gasteiger partial charge in [-0.3, -0.25) is 9.89 Å². The van der Waals surface area contributed by atoms with E-state index in [1.807, 2.05) is 25.1 Å². The van der Waals surface area contributed by atoms with Gasteiger partial charge in [-0.15, -0.1) is 0 Å². The van der Waals surface area contributed by atoms with Gasteiger partial charge in [0.15, 0.2) is 11.5 Å². The second-order valence-electron chi connectivity index (χ2n) is 5.60. The molecule has 25 heavy (non-hydrogen) atoms. The van der Waals surface area contributed by atoms with Crippen LogP contribution in [-0.4, -0.2) is 22.9 Å². The molecule has 0 aliphatic carbocycles. The first-order valence-electron chi connectivity index (χ1n) is 7.64. The Balaban J connectivity index is 1.67. The first-order chi connectivity index (χ1) is 12.1. The topological polar surface area (TPSA) is 76.2 Å². The van der Waals surface area contributed by atoms with Gasteiger partial charge in [-0.2, -0.15) is 5.10 Å². The first-order valence-corrected chi connectivity index (χ1v) is 8.01. The molecule has 0 spiro atoms. The van der Waals surface area contributed by atoms with Gasteiger partial charge < -0.3 is 14.8 Å². The second kappa shape index (κ2) is 6.14. The standard InChI is InChI=1S/C18H14ClN3O3/c1-10-16(20-18(23)12-3-2-4-13(19)7-12)17(22-21-10)11-5-6-14-15(8-11)25-9-24-14/h2-8H,9H2,1H3,(H,20,23)(H,21,22). The lowest BCUT2D eigenvalue weighted by molar-refractivity contribution is 0.102. The van der Waals surface area contributed by atoms with Crippen molar-refractivity contribution in [3.05, 3.63) is 58.7 Å². The molecule has 4 rings (SSSR count). The fourth-order valence-corrected chi connectivity index (χ4v) is 2.84. The maximum atomic E-state index is 12.5. The molecule has 1 aliphatic rings. The summed E-state index contributed by atoms with van der Waals surface area (Å²) in [6.45, 7) is 2.05. The molecule has 126 valence electrons. The van der Waals surface area contributed by atoms with Crippen LogP contribution in [0.1, 0.15) is 16.1 Å². The molecule has 0 saturated carbocycles. The van der Waals surface area contributed by atoms with Crippen molar-refractivity contribution in [3.63, 3.8) is 0 Å². The lowest BCUT2D eigenvalue weighted by atomic mass is 10.1. The minimum absolute atomic E-state index is 0.205. The van der Waals surface area contributed by atoms with E-state index >= 15 is 0 Å². The van der Waals surface area contributed by atoms with Crippen LogP contribution in [0.15, 0.2) is 42.5 Å². The van der Waals surface area contributed by atoms with Crippen LogP contribution in [0.2, 0.25) is 5.02 Å². The number of carbonyl (C=O) groups excluding carboxylic acids is 1. The molecule has 3 aromatic rings. The van der Waals surface area contributed by atoms with E-state index in [1.54, 1.807) is 24.3 Å². The molecule has 2 aromatic carbocycles. The third-order valence-electron chi connectivity index (χ3n) is 3.92. The van der Waals surface area contributed by atoms with E-state index in [4.69, 9.17) is 21.1 Å². The number of hydrogen-bond donors (Lipinski definition) is 2. The van der Waals surface area contributed by atoms with E-state index in [0.29, 0.717) is 33.5 Å². The Kier molecular flexibility index (Phi) is 3.82. The van der Waals surface area contributed by atoms with Gasteiger partial charge in [0.2, 0.25) is 6.79 Å². The number of H-pyrrole nitrogens is 1. The largest absolute Gasteiger partial charge is 0.454 e. The number of amides is 1. The Hall–Kier alpha value is -2.99. The Morgan fingerprint density at radius 3 is 2.88 bits per heavy atom. The predicted octanol–water partition coefficient (Wildman–Crippen LogP) is 4.02. The number of aromatic nitrogens is 2. The maximum absolute atomic E-state index is 12.5. The van der Waals surface area contributed by atoms with Crippen molar-refractivity contribution in [2.45, 2.75) is 6.92 Å². The number of aromatic amines is 1. The Labute approximate surface area is 148 Å². The lowest BCUT2D eigenvalue weighted by Gasteiger charge is -2.08. The van der Waals surface area contributed by atoms with Gasteiger partial charge in [0, 0.05) is 16.1 Å². The molecule has 2 N–H and O–H groups in total. The van der Waals surface area contributed by atoms with E-state index in [1.165, 1.54) is 0 Å². The van der Waals surface area contributed by atoms with Crippen LogP contribution in [0.3, 0.4) is 0 Å². The predicted molar refractivity (Wildman–Crippen MR) is 94.3 cm³/mol. The fraction of sp³-hybridized carbons (Fsp3) is 0.111. The second-order valence-corrected chi connectivity index (χ2v) is 6.04. The zero-order valence-electron chi connectivity index (χ0n) is 13.3. The minimum atomic E-state index is -0.256. The number of hydrogen-bond acceptors (Lipinski definition) is 4. The summed E-state index contributed by atoms with van der Waals surface area (Å²) in [6, 6.07) is 12.3. The van der Waals surface area contributed by atoms with Crippen molar-refractivity contribution >= 4 is 23.2 Å². The number of benzene rings is 2. The molecule has 1 amide bonds. The SMILES string of the molecule is Cc1[nH]nc(-c2ccc3c(c2)OCO3)c1NC(=O)c1cccc(Cl)c1. The molecule has 0 radical (unpaired) electrons. The number of carbonyl (C=O) groups is 1. The average Bonchev–Trinajstić information content (AvgIpc) is 3.21. The number of aryl methyl sites for hydroxylation is 1. The van der Waals surface area contributed by atoms with Crippen LogP contribution in [0.25, 0.3) is 11.3 Å². The van der Waals surface area contributed by atoms with Gasteiger partial charge in [-0.1, -0.05) is 17.7 Å². The normalized spacial score (nSPS) is 12.2. The number of ether oxygens (including phenoxy) is 2. The van der Waals surface area contributed by atoms with Gasteiger partial charge in [0.05, 0.1) is 11.4 Å². The van der Waals surface area contributed by atoms with Crippen LogP contribution in [0.5, 0.6) is 11.5 Å². The van der Waals surface area contributed by atoms with Gasteiger partial charge in [0.1, 0.15) is 5.69 Å². The van der Waals surface area contributed by atoms with Crippen molar-refractivity contribution in [1.82, 2.24) is 10.2 Å². The van der Waals surface area contributed by atoms with Gasteiger partial charge in [-0.05, 0) is 43.3 Å². The van der Waals surface area contributed by atoms with Gasteiger partial charge >= 0.3 is 0 Å². The molecule has 6 nitrogen and oxygen atoms in total. The third kappa shape index (κ3) is 2.92. The van der Waals surface area contributed by atoms with Crippen LogP contribution in [-0.2, 0) is 0 Å². The van der Waals surface area contributed by atoms with Crippen molar-refractivity contribution in [2.24, 2.45) is 0 Å². The summed E-state index contributed by atoms with van der Waals surface area (Å²) in [4.78, 5) is 12.5. The summed E-state index contributed by atoms with van der Waals surface area (Å²) in [5.74, 6) is 1.10. The Morgan fingerprint density at radius 1 is 1.20 bits per heavy atom. The molecule has 0 fully saturated rings. The van der Waals surface area contributed by atoms with Crippen LogP contribution in [0, 0.1) is 6.92 Å². The van der Waals surface area contributed by atoms with Crippen LogP contribution in [0.4, 0.5) is 5.69 Å². The first kappa shape index (κ1) is 15.5. The van der Waals surface area contributed by atoms with Crippen molar-refractivity contribution in [3.8, 4) is 22.8 Å². The summed E-state index contributed by atoms with van der Waals surface area (Å²) in [6.07, 6.45) is 0. The van der Waals surface area contributed by atoms with Crippen molar-refractivity contribution < 1.29 is 14.3 Å². The number of anilines is 1. The molecule has 0 atom stereocenters. The minimum Gasteiger partial charge on any atom is -0.454 e. The summed E-state index contributed by atoms with van der Waals surface area (Å²) in [5, 5.41) is 10.6. The fourth-order valence-electron chi connectivity index (χ4n) is 2.65. The highest BCUT2D eigenvalue weighted by Crippen LogP contribution is 2.38.